The molecule has 0 spiro atoms. The summed E-state index contributed by atoms with van der Waals surface area (Å²) in [7, 11) is -2.55. The summed E-state index contributed by atoms with van der Waals surface area (Å²) >= 11 is 0. The lowest BCUT2D eigenvalue weighted by Crippen LogP contribution is -2.29. The molecule has 1 rings (SSSR count). The van der Waals surface area contributed by atoms with Crippen LogP contribution < -0.4 is 5.32 Å². The molecule has 0 aliphatic heterocycles. The quantitative estimate of drug-likeness (QED) is 0.749. The van der Waals surface area contributed by atoms with Gasteiger partial charge in [-0.3, -0.25) is 0 Å². The molecule has 7 heteroatoms. The maximum absolute atomic E-state index is 14.4. The molecule has 0 atom stereocenters. The van der Waals surface area contributed by atoms with Crippen LogP contribution in [0.15, 0.2) is 17.0 Å². The van der Waals surface area contributed by atoms with Crippen molar-refractivity contribution in [2.75, 3.05) is 20.1 Å². The van der Waals surface area contributed by atoms with Crippen LogP contribution in [0.2, 0.25) is 0 Å². The number of nitrogens with one attached hydrogen (secondary N) is 1. The summed E-state index contributed by atoms with van der Waals surface area (Å²) in [5.74, 6) is -1.75. The summed E-state index contributed by atoms with van der Waals surface area (Å²) < 4.78 is 53.7. The van der Waals surface area contributed by atoms with Crippen molar-refractivity contribution in [1.29, 1.82) is 0 Å². The molecular weight excluding hydrogens is 298 g/mol. The van der Waals surface area contributed by atoms with Gasteiger partial charge in [0.05, 0.1) is 0 Å². The van der Waals surface area contributed by atoms with E-state index < -0.39 is 26.6 Å². The first-order valence-electron chi connectivity index (χ1n) is 7.00. The van der Waals surface area contributed by atoms with Crippen molar-refractivity contribution in [1.82, 2.24) is 9.62 Å². The minimum Gasteiger partial charge on any atom is -0.312 e. The first-order chi connectivity index (χ1) is 9.86. The van der Waals surface area contributed by atoms with Crippen molar-refractivity contribution in [3.05, 3.63) is 29.3 Å². The monoisotopic (exact) mass is 320 g/mol. The molecule has 120 valence electrons. The predicted molar refractivity (Wildman–Crippen MR) is 78.5 cm³/mol. The highest BCUT2D eigenvalue weighted by atomic mass is 32.2. The van der Waals surface area contributed by atoms with Crippen LogP contribution in [0.4, 0.5) is 8.78 Å². The molecule has 21 heavy (non-hydrogen) atoms. The second kappa shape index (κ2) is 7.82. The van der Waals surface area contributed by atoms with Crippen molar-refractivity contribution < 1.29 is 17.2 Å². The van der Waals surface area contributed by atoms with Gasteiger partial charge in [-0.1, -0.05) is 13.8 Å². The first-order valence-corrected chi connectivity index (χ1v) is 8.44. The smallest absolute Gasteiger partial charge is 0.245 e. The van der Waals surface area contributed by atoms with Gasteiger partial charge >= 0.3 is 0 Å². The van der Waals surface area contributed by atoms with Crippen molar-refractivity contribution >= 4 is 10.0 Å². The number of hydrogen-bond donors (Lipinski definition) is 1. The molecule has 0 aliphatic carbocycles. The summed E-state index contributed by atoms with van der Waals surface area (Å²) in [6.45, 7) is 4.61. The Bertz CT molecular complexity index is 577. The molecule has 0 fully saturated rings. The van der Waals surface area contributed by atoms with E-state index in [0.717, 1.165) is 22.9 Å². The number of halogens is 2. The average Bonchev–Trinajstić information content (AvgIpc) is 2.42. The highest BCUT2D eigenvalue weighted by molar-refractivity contribution is 7.89. The molecule has 0 saturated carbocycles. The zero-order valence-corrected chi connectivity index (χ0v) is 13.4. The van der Waals surface area contributed by atoms with Crippen LogP contribution >= 0.6 is 0 Å². The Hall–Kier alpha value is -1.05. The van der Waals surface area contributed by atoms with Gasteiger partial charge in [-0.25, -0.2) is 21.5 Å². The van der Waals surface area contributed by atoms with Crippen LogP contribution in [0.5, 0.6) is 0 Å². The molecule has 0 aliphatic rings. The fourth-order valence-corrected chi connectivity index (χ4v) is 3.28. The normalized spacial score (nSPS) is 12.1. The summed E-state index contributed by atoms with van der Waals surface area (Å²) in [4.78, 5) is -0.479. The Morgan fingerprint density at radius 3 is 2.43 bits per heavy atom. The maximum Gasteiger partial charge on any atom is 0.245 e. The van der Waals surface area contributed by atoms with Crippen molar-refractivity contribution in [3.63, 3.8) is 0 Å². The molecular formula is C14H22F2N2O2S. The molecule has 0 radical (unpaired) electrons. The first kappa shape index (κ1) is 18.0. The zero-order valence-electron chi connectivity index (χ0n) is 12.6. The van der Waals surface area contributed by atoms with Crippen molar-refractivity contribution in [2.45, 2.75) is 38.1 Å². The van der Waals surface area contributed by atoms with Gasteiger partial charge in [0.2, 0.25) is 10.0 Å². The van der Waals surface area contributed by atoms with E-state index in [2.05, 4.69) is 5.32 Å². The van der Waals surface area contributed by atoms with E-state index in [1.165, 1.54) is 7.05 Å². The van der Waals surface area contributed by atoms with Crippen LogP contribution in [-0.4, -0.2) is 32.9 Å². The van der Waals surface area contributed by atoms with Crippen molar-refractivity contribution in [3.8, 4) is 0 Å². The molecule has 1 aromatic rings. The molecule has 0 bridgehead atoms. The standard InChI is InChI=1S/C14H22F2N2O2S/c1-4-8-17-10-11-12(15)6-7-13(14(11)16)21(19,20)18(3)9-5-2/h6-7,17H,4-5,8-10H2,1-3H3. The number of benzene rings is 1. The number of nitrogens with zero attached hydrogens (tertiary/aromatic N) is 1. The summed E-state index contributed by atoms with van der Waals surface area (Å²) in [5, 5.41) is 2.88. The summed E-state index contributed by atoms with van der Waals surface area (Å²) in [5.41, 5.74) is -0.241. The third-order valence-corrected chi connectivity index (χ3v) is 4.98. The van der Waals surface area contributed by atoms with E-state index in [1.807, 2.05) is 13.8 Å². The number of sulfonamides is 1. The van der Waals surface area contributed by atoms with Gasteiger partial charge in [-0.2, -0.15) is 0 Å². The van der Waals surface area contributed by atoms with Gasteiger partial charge in [0.15, 0.2) is 5.82 Å². The minimum atomic E-state index is -3.94. The molecule has 0 aromatic heterocycles. The second-order valence-corrected chi connectivity index (χ2v) is 6.85. The Morgan fingerprint density at radius 2 is 1.86 bits per heavy atom. The van der Waals surface area contributed by atoms with Crippen LogP contribution in [-0.2, 0) is 16.6 Å². The Morgan fingerprint density at radius 1 is 1.19 bits per heavy atom. The van der Waals surface area contributed by atoms with Crippen LogP contribution in [0.25, 0.3) is 0 Å². The minimum absolute atomic E-state index is 0.0354. The molecule has 0 amide bonds. The number of hydrogen-bond acceptors (Lipinski definition) is 3. The molecule has 0 heterocycles. The Labute approximate surface area is 125 Å². The van der Waals surface area contributed by atoms with Gasteiger partial charge in [0.1, 0.15) is 10.7 Å². The predicted octanol–water partition coefficient (Wildman–Crippen LogP) is 2.49. The largest absolute Gasteiger partial charge is 0.312 e. The van der Waals surface area contributed by atoms with Crippen LogP contribution in [0.3, 0.4) is 0 Å². The lowest BCUT2D eigenvalue weighted by Gasteiger charge is -2.18. The van der Waals surface area contributed by atoms with Crippen LogP contribution in [0, 0.1) is 11.6 Å². The lowest BCUT2D eigenvalue weighted by molar-refractivity contribution is 0.457. The average molecular weight is 320 g/mol. The Kier molecular flexibility index (Phi) is 6.70. The second-order valence-electron chi connectivity index (χ2n) is 4.84. The van der Waals surface area contributed by atoms with E-state index in [0.29, 0.717) is 13.0 Å². The third kappa shape index (κ3) is 4.21. The zero-order chi connectivity index (χ0) is 16.0. The molecule has 0 saturated heterocycles. The van der Waals surface area contributed by atoms with E-state index in [1.54, 1.807) is 0 Å². The topological polar surface area (TPSA) is 49.4 Å². The highest BCUT2D eigenvalue weighted by Crippen LogP contribution is 2.23. The van der Waals surface area contributed by atoms with E-state index in [4.69, 9.17) is 0 Å². The number of rotatable bonds is 8. The SMILES string of the molecule is CCCNCc1c(F)ccc(S(=O)(=O)N(C)CCC)c1F. The van der Waals surface area contributed by atoms with Gasteiger partial charge in [-0.05, 0) is 31.5 Å². The third-order valence-electron chi connectivity index (χ3n) is 3.11. The van der Waals surface area contributed by atoms with Crippen molar-refractivity contribution in [2.24, 2.45) is 0 Å². The molecule has 4 nitrogen and oxygen atoms in total. The molecule has 1 aromatic carbocycles. The Balaban J connectivity index is 3.17. The van der Waals surface area contributed by atoms with E-state index in [-0.39, 0.29) is 18.7 Å². The van der Waals surface area contributed by atoms with Gasteiger partial charge < -0.3 is 5.32 Å². The van der Waals surface area contributed by atoms with Crippen LogP contribution in [0.1, 0.15) is 32.3 Å². The van der Waals surface area contributed by atoms with E-state index >= 15 is 0 Å². The van der Waals surface area contributed by atoms with E-state index in [9.17, 15) is 17.2 Å². The van der Waals surface area contributed by atoms with Gasteiger partial charge in [0.25, 0.3) is 0 Å². The summed E-state index contributed by atoms with van der Waals surface area (Å²) in [6.07, 6.45) is 1.43. The fraction of sp³-hybridized carbons (Fsp3) is 0.571. The summed E-state index contributed by atoms with van der Waals surface area (Å²) in [6, 6.07) is 1.98. The molecule has 0 unspecified atom stereocenters. The van der Waals surface area contributed by atoms with Gasteiger partial charge in [0, 0.05) is 25.7 Å². The van der Waals surface area contributed by atoms with Gasteiger partial charge in [-0.15, -0.1) is 0 Å². The maximum atomic E-state index is 14.4. The molecule has 1 N–H and O–H groups in total. The fourth-order valence-electron chi connectivity index (χ4n) is 1.93. The highest BCUT2D eigenvalue weighted by Gasteiger charge is 2.26. The lowest BCUT2D eigenvalue weighted by atomic mass is 10.2.